The number of rotatable bonds is 5. The monoisotopic (exact) mass is 378 g/mol. The maximum atomic E-state index is 4.64. The van der Waals surface area contributed by atoms with Gasteiger partial charge in [-0.05, 0) is 31.0 Å². The van der Waals surface area contributed by atoms with E-state index in [2.05, 4.69) is 70.4 Å². The molecule has 0 fully saturated rings. The largest absolute Gasteiger partial charge is 0.269 e. The molecule has 4 heteroatoms. The molecule has 0 saturated heterocycles. The lowest BCUT2D eigenvalue weighted by Crippen LogP contribution is -1.92. The molecule has 0 amide bonds. The number of hydrogen-bond acceptors (Lipinski definition) is 4. The van der Waals surface area contributed by atoms with E-state index in [0.29, 0.717) is 12.5 Å². The Morgan fingerprint density at radius 3 is 2.00 bits per heavy atom. The molecular formula is C25H22N4. The average Bonchev–Trinajstić information content (AvgIpc) is 2.76. The molecule has 0 bridgehead atoms. The van der Waals surface area contributed by atoms with Gasteiger partial charge in [0.25, 0.3) is 5.95 Å². The Morgan fingerprint density at radius 2 is 1.31 bits per heavy atom. The second kappa shape index (κ2) is 8.57. The highest BCUT2D eigenvalue weighted by Gasteiger charge is 2.08. The second-order valence-electron chi connectivity index (χ2n) is 7.00. The van der Waals surface area contributed by atoms with Crippen LogP contribution in [0, 0.1) is 13.8 Å². The number of azo groups is 1. The van der Waals surface area contributed by atoms with Gasteiger partial charge in [-0.1, -0.05) is 84.4 Å². The minimum absolute atomic E-state index is 0.371. The highest BCUT2D eigenvalue weighted by molar-refractivity contribution is 5.69. The molecule has 142 valence electrons. The Bertz CT molecular complexity index is 1130. The summed E-state index contributed by atoms with van der Waals surface area (Å²) in [6, 6.07) is 28.6. The van der Waals surface area contributed by atoms with Gasteiger partial charge >= 0.3 is 0 Å². The fourth-order valence-corrected chi connectivity index (χ4v) is 3.07. The van der Waals surface area contributed by atoms with Crippen molar-refractivity contribution in [3.05, 3.63) is 102 Å². The molecule has 0 unspecified atom stereocenters. The first kappa shape index (κ1) is 18.7. The van der Waals surface area contributed by atoms with Crippen LogP contribution in [0.25, 0.3) is 22.5 Å². The van der Waals surface area contributed by atoms with Gasteiger partial charge in [0.1, 0.15) is 0 Å². The van der Waals surface area contributed by atoms with Crippen molar-refractivity contribution in [1.82, 2.24) is 9.97 Å². The molecule has 1 heterocycles. The number of aryl methyl sites for hydroxylation is 2. The SMILES string of the molecule is Cc1ccc(-c2cc(-c3ccccc3)nc(N=NCc3ccccc3C)n2)cc1. The molecule has 0 spiro atoms. The smallest absolute Gasteiger partial charge is 0.210 e. The summed E-state index contributed by atoms with van der Waals surface area (Å²) in [6.07, 6.45) is 0. The van der Waals surface area contributed by atoms with Crippen molar-refractivity contribution in [3.8, 4) is 22.5 Å². The molecule has 3 aromatic carbocycles. The van der Waals surface area contributed by atoms with Crippen molar-refractivity contribution in [1.29, 1.82) is 0 Å². The van der Waals surface area contributed by atoms with Crippen LogP contribution in [0.1, 0.15) is 16.7 Å². The normalized spacial score (nSPS) is 11.1. The molecule has 0 radical (unpaired) electrons. The highest BCUT2D eigenvalue weighted by atomic mass is 15.2. The predicted octanol–water partition coefficient (Wildman–Crippen LogP) is 6.71. The first-order valence-electron chi connectivity index (χ1n) is 9.62. The van der Waals surface area contributed by atoms with Crippen molar-refractivity contribution in [2.75, 3.05) is 0 Å². The van der Waals surface area contributed by atoms with Crippen LogP contribution >= 0.6 is 0 Å². The fourth-order valence-electron chi connectivity index (χ4n) is 3.07. The van der Waals surface area contributed by atoms with Crippen molar-refractivity contribution in [2.45, 2.75) is 20.4 Å². The van der Waals surface area contributed by atoms with Gasteiger partial charge in [-0.25, -0.2) is 9.97 Å². The molecule has 0 atom stereocenters. The fraction of sp³-hybridized carbons (Fsp3) is 0.120. The zero-order valence-electron chi connectivity index (χ0n) is 16.6. The summed E-state index contributed by atoms with van der Waals surface area (Å²) in [5, 5.41) is 8.69. The quantitative estimate of drug-likeness (QED) is 0.362. The first-order valence-corrected chi connectivity index (χ1v) is 9.62. The second-order valence-corrected chi connectivity index (χ2v) is 7.00. The maximum absolute atomic E-state index is 4.64. The maximum Gasteiger partial charge on any atom is 0.269 e. The van der Waals surface area contributed by atoms with Gasteiger partial charge < -0.3 is 0 Å². The summed E-state index contributed by atoms with van der Waals surface area (Å²) >= 11 is 0. The Hall–Kier alpha value is -3.66. The zero-order chi connectivity index (χ0) is 20.1. The van der Waals surface area contributed by atoms with E-state index in [9.17, 15) is 0 Å². The number of aromatic nitrogens is 2. The average molecular weight is 378 g/mol. The van der Waals surface area contributed by atoms with E-state index in [-0.39, 0.29) is 0 Å². The summed E-state index contributed by atoms with van der Waals surface area (Å²) in [5.41, 5.74) is 7.29. The minimum atomic E-state index is 0.371. The van der Waals surface area contributed by atoms with Crippen LogP contribution in [0.5, 0.6) is 0 Å². The molecule has 0 aliphatic heterocycles. The molecule has 4 rings (SSSR count). The van der Waals surface area contributed by atoms with E-state index < -0.39 is 0 Å². The van der Waals surface area contributed by atoms with E-state index in [1.165, 1.54) is 11.1 Å². The van der Waals surface area contributed by atoms with Gasteiger partial charge in [-0.3, -0.25) is 0 Å². The molecular weight excluding hydrogens is 356 g/mol. The molecule has 0 saturated carbocycles. The third kappa shape index (κ3) is 4.61. The lowest BCUT2D eigenvalue weighted by molar-refractivity contribution is 0.921. The standard InChI is InChI=1S/C25H22N4/c1-18-12-14-21(15-13-18)24-16-23(20-9-4-3-5-10-20)27-25(28-24)29-26-17-22-11-7-6-8-19(22)2/h3-16H,17H2,1-2H3. The summed E-state index contributed by atoms with van der Waals surface area (Å²) < 4.78 is 0. The van der Waals surface area contributed by atoms with Crippen molar-refractivity contribution >= 4 is 5.95 Å². The van der Waals surface area contributed by atoms with Gasteiger partial charge in [0.2, 0.25) is 0 Å². The summed E-state index contributed by atoms with van der Waals surface area (Å²) in [7, 11) is 0. The number of benzene rings is 3. The third-order valence-electron chi connectivity index (χ3n) is 4.79. The molecule has 29 heavy (non-hydrogen) atoms. The van der Waals surface area contributed by atoms with E-state index in [4.69, 9.17) is 0 Å². The van der Waals surface area contributed by atoms with Crippen molar-refractivity contribution in [3.63, 3.8) is 0 Å². The Morgan fingerprint density at radius 1 is 0.690 bits per heavy atom. The van der Waals surface area contributed by atoms with Gasteiger partial charge in [0.05, 0.1) is 17.9 Å². The Kier molecular flexibility index (Phi) is 5.52. The van der Waals surface area contributed by atoms with Gasteiger partial charge in [0.15, 0.2) is 0 Å². The molecule has 4 nitrogen and oxygen atoms in total. The first-order chi connectivity index (χ1) is 14.2. The Balaban J connectivity index is 1.70. The van der Waals surface area contributed by atoms with Crippen molar-refractivity contribution in [2.24, 2.45) is 10.2 Å². The van der Waals surface area contributed by atoms with Crippen LogP contribution in [-0.4, -0.2) is 9.97 Å². The molecule has 0 aliphatic rings. The van der Waals surface area contributed by atoms with E-state index in [1.54, 1.807) is 0 Å². The van der Waals surface area contributed by atoms with Crippen LogP contribution in [0.2, 0.25) is 0 Å². The summed E-state index contributed by atoms with van der Waals surface area (Å²) in [6.45, 7) is 4.66. The number of hydrogen-bond donors (Lipinski definition) is 0. The van der Waals surface area contributed by atoms with E-state index in [1.807, 2.05) is 48.5 Å². The van der Waals surface area contributed by atoms with Gasteiger partial charge in [-0.2, -0.15) is 5.11 Å². The summed E-state index contributed by atoms with van der Waals surface area (Å²) in [4.78, 5) is 9.27. The van der Waals surface area contributed by atoms with Crippen LogP contribution in [0.15, 0.2) is 95.2 Å². The van der Waals surface area contributed by atoms with Gasteiger partial charge in [-0.15, -0.1) is 5.11 Å². The molecule has 0 N–H and O–H groups in total. The molecule has 4 aromatic rings. The zero-order valence-corrected chi connectivity index (χ0v) is 16.6. The van der Waals surface area contributed by atoms with Gasteiger partial charge in [0, 0.05) is 11.1 Å². The van der Waals surface area contributed by atoms with Crippen LogP contribution < -0.4 is 0 Å². The van der Waals surface area contributed by atoms with Crippen molar-refractivity contribution < 1.29 is 0 Å². The van der Waals surface area contributed by atoms with E-state index >= 15 is 0 Å². The summed E-state index contributed by atoms with van der Waals surface area (Å²) in [5.74, 6) is 0.371. The van der Waals surface area contributed by atoms with Crippen LogP contribution in [-0.2, 0) is 6.54 Å². The Labute approximate surface area is 171 Å². The van der Waals surface area contributed by atoms with E-state index in [0.717, 1.165) is 28.1 Å². The topological polar surface area (TPSA) is 50.5 Å². The number of nitrogens with zero attached hydrogens (tertiary/aromatic N) is 4. The molecule has 0 aliphatic carbocycles. The minimum Gasteiger partial charge on any atom is -0.210 e. The van der Waals surface area contributed by atoms with Crippen LogP contribution in [0.3, 0.4) is 0 Å². The third-order valence-corrected chi connectivity index (χ3v) is 4.79. The lowest BCUT2D eigenvalue weighted by Gasteiger charge is -2.07. The highest BCUT2D eigenvalue weighted by Crippen LogP contribution is 2.26. The van der Waals surface area contributed by atoms with Crippen LogP contribution in [0.4, 0.5) is 5.95 Å². The predicted molar refractivity (Wildman–Crippen MR) is 117 cm³/mol. The molecule has 1 aromatic heterocycles. The lowest BCUT2D eigenvalue weighted by atomic mass is 10.1.